The van der Waals surface area contributed by atoms with Crippen LogP contribution in [-0.4, -0.2) is 60.4 Å². The van der Waals surface area contributed by atoms with E-state index in [-0.39, 0.29) is 23.3 Å². The molecular formula is C19H26BrN3O2. The number of hydrogen-bond acceptors (Lipinski definition) is 3. The minimum absolute atomic E-state index is 0.0579. The van der Waals surface area contributed by atoms with Crippen LogP contribution in [0.3, 0.4) is 0 Å². The van der Waals surface area contributed by atoms with E-state index in [0.717, 1.165) is 36.0 Å². The average molecular weight is 408 g/mol. The van der Waals surface area contributed by atoms with E-state index in [2.05, 4.69) is 38.3 Å². The highest BCUT2D eigenvalue weighted by Gasteiger charge is 2.53. The van der Waals surface area contributed by atoms with E-state index in [9.17, 15) is 9.59 Å². The molecule has 2 aliphatic rings. The number of nitrogens with zero attached hydrogens (tertiary/aromatic N) is 2. The van der Waals surface area contributed by atoms with E-state index in [0.29, 0.717) is 19.6 Å². The van der Waals surface area contributed by atoms with Crippen LogP contribution in [0.15, 0.2) is 28.7 Å². The molecule has 0 radical (unpaired) electrons. The molecule has 1 aliphatic heterocycles. The van der Waals surface area contributed by atoms with Gasteiger partial charge in [-0.2, -0.15) is 0 Å². The molecule has 2 fully saturated rings. The standard InChI is InChI=1S/C19H26BrN3O2/c1-14(2)21-17(24)13-22-8-10-23(11-9-22)18(25)19(6-7-19)15-4-3-5-16(20)12-15/h3-5,12,14H,6-11,13H2,1-2H3,(H,21,24). The normalized spacial score (nSPS) is 19.8. The molecular weight excluding hydrogens is 382 g/mol. The molecule has 6 heteroatoms. The molecule has 2 amide bonds. The average Bonchev–Trinajstić information content (AvgIpc) is 3.36. The van der Waals surface area contributed by atoms with E-state index in [1.54, 1.807) is 0 Å². The molecule has 0 spiro atoms. The van der Waals surface area contributed by atoms with Crippen molar-refractivity contribution in [3.05, 3.63) is 34.3 Å². The minimum Gasteiger partial charge on any atom is -0.353 e. The highest BCUT2D eigenvalue weighted by molar-refractivity contribution is 9.10. The van der Waals surface area contributed by atoms with E-state index >= 15 is 0 Å². The molecule has 1 aromatic carbocycles. The first-order chi connectivity index (χ1) is 11.9. The third-order valence-electron chi connectivity index (χ3n) is 5.01. The van der Waals surface area contributed by atoms with Crippen LogP contribution < -0.4 is 5.32 Å². The predicted molar refractivity (Wildman–Crippen MR) is 101 cm³/mol. The molecule has 3 rings (SSSR count). The Balaban J connectivity index is 1.56. The number of benzene rings is 1. The van der Waals surface area contributed by atoms with Crippen molar-refractivity contribution < 1.29 is 9.59 Å². The minimum atomic E-state index is -0.318. The van der Waals surface area contributed by atoms with Gasteiger partial charge in [0.2, 0.25) is 11.8 Å². The van der Waals surface area contributed by atoms with Crippen LogP contribution >= 0.6 is 15.9 Å². The number of carbonyl (C=O) groups excluding carboxylic acids is 2. The van der Waals surface area contributed by atoms with Crippen molar-refractivity contribution in [3.8, 4) is 0 Å². The quantitative estimate of drug-likeness (QED) is 0.813. The summed E-state index contributed by atoms with van der Waals surface area (Å²) in [5.41, 5.74) is 0.798. The van der Waals surface area contributed by atoms with E-state index < -0.39 is 0 Å². The van der Waals surface area contributed by atoms with Crippen LogP contribution in [0.4, 0.5) is 0 Å². The van der Waals surface area contributed by atoms with Crippen LogP contribution in [0.25, 0.3) is 0 Å². The summed E-state index contributed by atoms with van der Waals surface area (Å²) in [5.74, 6) is 0.305. The molecule has 1 aromatic rings. The van der Waals surface area contributed by atoms with E-state index in [4.69, 9.17) is 0 Å². The van der Waals surface area contributed by atoms with Gasteiger partial charge in [0, 0.05) is 36.7 Å². The van der Waals surface area contributed by atoms with E-state index in [1.165, 1.54) is 0 Å². The zero-order chi connectivity index (χ0) is 18.0. The van der Waals surface area contributed by atoms with Crippen molar-refractivity contribution in [1.82, 2.24) is 15.1 Å². The third kappa shape index (κ3) is 4.23. The molecule has 1 saturated carbocycles. The molecule has 0 bridgehead atoms. The van der Waals surface area contributed by atoms with Crippen molar-refractivity contribution in [3.63, 3.8) is 0 Å². The Bertz CT molecular complexity index is 650. The van der Waals surface area contributed by atoms with Crippen LogP contribution in [0.1, 0.15) is 32.3 Å². The van der Waals surface area contributed by atoms with Gasteiger partial charge in [-0.1, -0.05) is 28.1 Å². The maximum Gasteiger partial charge on any atom is 0.234 e. The Morgan fingerprint density at radius 1 is 1.20 bits per heavy atom. The molecule has 5 nitrogen and oxygen atoms in total. The lowest BCUT2D eigenvalue weighted by molar-refractivity contribution is -0.136. The summed E-state index contributed by atoms with van der Waals surface area (Å²) in [6.07, 6.45) is 1.86. The van der Waals surface area contributed by atoms with Gasteiger partial charge >= 0.3 is 0 Å². The highest BCUT2D eigenvalue weighted by atomic mass is 79.9. The fourth-order valence-electron chi connectivity index (χ4n) is 3.52. The number of hydrogen-bond donors (Lipinski definition) is 1. The van der Waals surface area contributed by atoms with Gasteiger partial charge in [-0.25, -0.2) is 0 Å². The van der Waals surface area contributed by atoms with Gasteiger partial charge in [0.1, 0.15) is 0 Å². The molecule has 1 saturated heterocycles. The summed E-state index contributed by atoms with van der Waals surface area (Å²) in [6, 6.07) is 8.28. The zero-order valence-electron chi connectivity index (χ0n) is 14.9. The van der Waals surface area contributed by atoms with Crippen molar-refractivity contribution in [1.29, 1.82) is 0 Å². The predicted octanol–water partition coefficient (Wildman–Crippen LogP) is 2.15. The van der Waals surface area contributed by atoms with Crippen LogP contribution in [-0.2, 0) is 15.0 Å². The Morgan fingerprint density at radius 3 is 2.44 bits per heavy atom. The molecule has 0 aromatic heterocycles. The lowest BCUT2D eigenvalue weighted by Crippen LogP contribution is -2.53. The number of halogens is 1. The largest absolute Gasteiger partial charge is 0.353 e. The highest BCUT2D eigenvalue weighted by Crippen LogP contribution is 2.50. The smallest absolute Gasteiger partial charge is 0.234 e. The lowest BCUT2D eigenvalue weighted by atomic mass is 9.94. The summed E-state index contributed by atoms with van der Waals surface area (Å²) in [7, 11) is 0. The van der Waals surface area contributed by atoms with Crippen LogP contribution in [0.2, 0.25) is 0 Å². The second-order valence-electron chi connectivity index (χ2n) is 7.38. The molecule has 1 aliphatic carbocycles. The Morgan fingerprint density at radius 2 is 1.88 bits per heavy atom. The number of carbonyl (C=O) groups is 2. The summed E-state index contributed by atoms with van der Waals surface area (Å²) in [4.78, 5) is 29.1. The summed E-state index contributed by atoms with van der Waals surface area (Å²) in [5, 5.41) is 2.92. The zero-order valence-corrected chi connectivity index (χ0v) is 16.5. The first kappa shape index (κ1) is 18.4. The van der Waals surface area contributed by atoms with Gasteiger partial charge in [0.15, 0.2) is 0 Å². The first-order valence-corrected chi connectivity index (χ1v) is 9.77. The molecule has 0 unspecified atom stereocenters. The number of piperazine rings is 1. The summed E-state index contributed by atoms with van der Waals surface area (Å²) >= 11 is 3.51. The molecule has 25 heavy (non-hydrogen) atoms. The van der Waals surface area contributed by atoms with Crippen molar-refractivity contribution in [2.45, 2.75) is 38.1 Å². The Kier molecular flexibility index (Phi) is 5.49. The summed E-state index contributed by atoms with van der Waals surface area (Å²) in [6.45, 7) is 7.25. The van der Waals surface area contributed by atoms with Crippen LogP contribution in [0.5, 0.6) is 0 Å². The topological polar surface area (TPSA) is 52.7 Å². The molecule has 1 N–H and O–H groups in total. The van der Waals surface area contributed by atoms with Gasteiger partial charge < -0.3 is 10.2 Å². The molecule has 1 heterocycles. The van der Waals surface area contributed by atoms with Gasteiger partial charge in [-0.3, -0.25) is 14.5 Å². The van der Waals surface area contributed by atoms with E-state index in [1.807, 2.05) is 30.9 Å². The second-order valence-corrected chi connectivity index (χ2v) is 8.30. The van der Waals surface area contributed by atoms with Crippen molar-refractivity contribution >= 4 is 27.7 Å². The van der Waals surface area contributed by atoms with Crippen LogP contribution in [0, 0.1) is 0 Å². The van der Waals surface area contributed by atoms with Gasteiger partial charge in [-0.15, -0.1) is 0 Å². The van der Waals surface area contributed by atoms with Crippen molar-refractivity contribution in [2.75, 3.05) is 32.7 Å². The Hall–Kier alpha value is -1.40. The summed E-state index contributed by atoms with van der Waals surface area (Å²) < 4.78 is 1.02. The number of rotatable bonds is 5. The second kappa shape index (κ2) is 7.46. The molecule has 136 valence electrons. The fourth-order valence-corrected chi connectivity index (χ4v) is 3.92. The van der Waals surface area contributed by atoms with Gasteiger partial charge in [-0.05, 0) is 44.4 Å². The maximum atomic E-state index is 13.1. The Labute approximate surface area is 157 Å². The number of nitrogens with one attached hydrogen (secondary N) is 1. The molecule has 0 atom stereocenters. The monoisotopic (exact) mass is 407 g/mol. The first-order valence-electron chi connectivity index (χ1n) is 8.98. The van der Waals surface area contributed by atoms with Crippen molar-refractivity contribution in [2.24, 2.45) is 0 Å². The number of amides is 2. The SMILES string of the molecule is CC(C)NC(=O)CN1CCN(C(=O)C2(c3cccc(Br)c3)CC2)CC1. The van der Waals surface area contributed by atoms with Gasteiger partial charge in [0.05, 0.1) is 12.0 Å². The maximum absolute atomic E-state index is 13.1. The van der Waals surface area contributed by atoms with Gasteiger partial charge in [0.25, 0.3) is 0 Å². The fraction of sp³-hybridized carbons (Fsp3) is 0.579. The lowest BCUT2D eigenvalue weighted by Gasteiger charge is -2.36. The third-order valence-corrected chi connectivity index (χ3v) is 5.51.